The van der Waals surface area contributed by atoms with E-state index in [1.54, 1.807) is 49.4 Å². The molecule has 4 amide bonds. The number of β-amino-alcohol motifs (C(OH)–C–C–N with tert-alkyl or cyclic N) is 1. The highest BCUT2D eigenvalue weighted by molar-refractivity contribution is 7.92. The second kappa shape index (κ2) is 24.3. The number of hydrogen-bond acceptors (Lipinski definition) is 14. The van der Waals surface area contributed by atoms with Crippen LogP contribution in [-0.2, 0) is 29.0 Å². The summed E-state index contributed by atoms with van der Waals surface area (Å²) in [4.78, 5) is 71.9. The molecule has 20 heteroatoms. The van der Waals surface area contributed by atoms with Crippen LogP contribution < -0.4 is 26.6 Å². The Morgan fingerprint density at radius 2 is 1.67 bits per heavy atom. The fourth-order valence-corrected chi connectivity index (χ4v) is 10.9. The van der Waals surface area contributed by atoms with Crippen LogP contribution in [0.5, 0.6) is 0 Å². The number of likely N-dealkylation sites (tertiary alicyclic amines) is 2. The highest BCUT2D eigenvalue weighted by Crippen LogP contribution is 2.32. The molecule has 0 saturated carbocycles. The maximum Gasteiger partial charge on any atom is 0.246 e. The summed E-state index contributed by atoms with van der Waals surface area (Å²) in [6.07, 6.45) is 5.54. The van der Waals surface area contributed by atoms with Gasteiger partial charge in [-0.25, -0.2) is 18.4 Å². The number of aromatic nitrogens is 3. The molecule has 0 aliphatic carbocycles. The van der Waals surface area contributed by atoms with Crippen molar-refractivity contribution in [2.75, 3.05) is 43.4 Å². The third-order valence-electron chi connectivity index (χ3n) is 12.7. The number of carbonyl (C=O) groups is 4. The average Bonchev–Trinajstić information content (AvgIpc) is 3.93. The van der Waals surface area contributed by atoms with Gasteiger partial charge in [0.25, 0.3) is 0 Å². The number of hydrogen-bond donors (Lipinski definition) is 6. The van der Waals surface area contributed by atoms with Gasteiger partial charge in [-0.05, 0) is 88.6 Å². The average molecular weight is 1020 g/mol. The monoisotopic (exact) mass is 1020 g/mol. The van der Waals surface area contributed by atoms with Gasteiger partial charge in [0.1, 0.15) is 17.1 Å². The first-order valence-corrected chi connectivity index (χ1v) is 27.0. The molecule has 4 aromatic rings. The lowest BCUT2D eigenvalue weighted by Gasteiger charge is -2.35. The number of para-hydroxylation sites is 1. The highest BCUT2D eigenvalue weighted by Gasteiger charge is 2.44. The Balaban J connectivity index is 0.894. The summed E-state index contributed by atoms with van der Waals surface area (Å²) in [5, 5.41) is 25.7. The van der Waals surface area contributed by atoms with E-state index in [4.69, 9.17) is 11.6 Å². The highest BCUT2D eigenvalue weighted by atomic mass is 35.5. The summed E-state index contributed by atoms with van der Waals surface area (Å²) in [7, 11) is -3.57. The molecule has 5 atom stereocenters. The van der Waals surface area contributed by atoms with Crippen LogP contribution in [0.1, 0.15) is 110 Å². The first-order valence-electron chi connectivity index (χ1n) is 24.2. The molecule has 2 saturated heterocycles. The van der Waals surface area contributed by atoms with Gasteiger partial charge in [0, 0.05) is 38.5 Å². The van der Waals surface area contributed by atoms with E-state index in [9.17, 15) is 32.7 Å². The van der Waals surface area contributed by atoms with E-state index in [1.165, 1.54) is 11.1 Å². The number of piperidine rings is 1. The van der Waals surface area contributed by atoms with Gasteiger partial charge in [0.2, 0.25) is 29.6 Å². The van der Waals surface area contributed by atoms with Crippen molar-refractivity contribution < 1.29 is 32.7 Å². The molecule has 17 nitrogen and oxygen atoms in total. The minimum atomic E-state index is -3.57. The van der Waals surface area contributed by atoms with Crippen molar-refractivity contribution in [2.45, 2.75) is 140 Å². The van der Waals surface area contributed by atoms with Gasteiger partial charge in [0.05, 0.1) is 56.8 Å². The lowest BCUT2D eigenvalue weighted by Crippen LogP contribution is -2.57. The Hall–Kier alpha value is -5.21. The van der Waals surface area contributed by atoms with E-state index in [0.717, 1.165) is 60.3 Å². The number of anilines is 3. The Bertz CT molecular complexity index is 2550. The maximum atomic E-state index is 14.1. The maximum absolute atomic E-state index is 14.1. The summed E-state index contributed by atoms with van der Waals surface area (Å²) in [5.41, 5.74) is 4.43. The zero-order valence-corrected chi connectivity index (χ0v) is 43.6. The van der Waals surface area contributed by atoms with Gasteiger partial charge in [-0.3, -0.25) is 24.1 Å². The van der Waals surface area contributed by atoms with Gasteiger partial charge in [0.15, 0.2) is 15.7 Å². The lowest BCUT2D eigenvalue weighted by atomic mass is 9.85. The molecule has 2 aromatic carbocycles. The topological polar surface area (TPSA) is 228 Å². The molecule has 0 unspecified atom stereocenters. The number of thiazole rings is 1. The molecule has 6 N–H and O–H groups in total. The fraction of sp³-hybridized carbons (Fsp3) is 0.540. The number of sulfone groups is 1. The second-order valence-corrected chi connectivity index (χ2v) is 23.5. The Kier molecular flexibility index (Phi) is 18.8. The van der Waals surface area contributed by atoms with Crippen molar-refractivity contribution in [1.82, 2.24) is 40.7 Å². The SMILES string of the molecule is Cc1ncsc1-c1ccc([C@H](C)NC(=O)[C@@H]2C[C@@H](O)CN2C(=O)[C@@H](NC(=O)CCCCCCNC(=O)CN2CCC[C@@H](Nc3ncc(Cl)c(Nc4ccccc4S(=O)(=O)C(C)C)n3)C2)C(C)(C)C)cc1. The molecular weight excluding hydrogens is 952 g/mol. The lowest BCUT2D eigenvalue weighted by molar-refractivity contribution is -0.144. The summed E-state index contributed by atoms with van der Waals surface area (Å²) in [6, 6.07) is 12.4. The standard InChI is InChI=1S/C50H69ClN10O7S2/c1-31(2)70(67,68)41-17-12-11-16-39(41)57-46-38(51)26-53-49(59-46)56-36-15-14-24-60(27-36)29-43(64)52-23-13-9-8-10-18-42(63)58-45(50(5,6)7)48(66)61-28-37(62)25-40(61)47(65)55-32(3)34-19-21-35(22-20-34)44-33(4)54-30-69-44/h11-12,16-17,19-22,26,30-32,36-37,40,45,62H,8-10,13-15,18,23-25,27-29H2,1-7H3,(H,52,64)(H,55,65)(H,58,63)(H2,53,56,57,59)/t32-,36+,37+,40-,45+/m0/s1. The molecule has 70 heavy (non-hydrogen) atoms. The van der Waals surface area contributed by atoms with E-state index < -0.39 is 44.6 Å². The summed E-state index contributed by atoms with van der Waals surface area (Å²) in [5.74, 6) is -0.497. The normalized spacial score (nSPS) is 18.5. The van der Waals surface area contributed by atoms with Crippen LogP contribution in [0.25, 0.3) is 10.4 Å². The van der Waals surface area contributed by atoms with Crippen LogP contribution in [0.2, 0.25) is 5.02 Å². The Morgan fingerprint density at radius 3 is 2.37 bits per heavy atom. The molecule has 4 heterocycles. The predicted molar refractivity (Wildman–Crippen MR) is 275 cm³/mol. The fourth-order valence-electron chi connectivity index (χ4n) is 8.72. The molecule has 0 bridgehead atoms. The number of rotatable bonds is 21. The number of amides is 4. The van der Waals surface area contributed by atoms with Crippen LogP contribution in [0.15, 0.2) is 65.1 Å². The van der Waals surface area contributed by atoms with Crippen molar-refractivity contribution in [3.05, 3.63) is 76.5 Å². The van der Waals surface area contributed by atoms with Crippen LogP contribution in [0.3, 0.4) is 0 Å². The third kappa shape index (κ3) is 14.5. The number of nitrogens with zero attached hydrogens (tertiary/aromatic N) is 5. The van der Waals surface area contributed by atoms with Gasteiger partial charge in [-0.1, -0.05) is 81.6 Å². The number of unbranched alkanes of at least 4 members (excludes halogenated alkanes) is 3. The smallest absolute Gasteiger partial charge is 0.246 e. The molecule has 380 valence electrons. The van der Waals surface area contributed by atoms with Crippen LogP contribution >= 0.6 is 22.9 Å². The van der Waals surface area contributed by atoms with Crippen LogP contribution in [0, 0.1) is 12.3 Å². The van der Waals surface area contributed by atoms with Gasteiger partial charge in [-0.2, -0.15) is 4.98 Å². The van der Waals surface area contributed by atoms with E-state index in [-0.39, 0.29) is 71.5 Å². The van der Waals surface area contributed by atoms with Crippen molar-refractivity contribution in [2.24, 2.45) is 5.41 Å². The van der Waals surface area contributed by atoms with Crippen molar-refractivity contribution >= 4 is 73.9 Å². The van der Waals surface area contributed by atoms with E-state index in [0.29, 0.717) is 31.1 Å². The molecule has 2 aromatic heterocycles. The minimum Gasteiger partial charge on any atom is -0.391 e. The predicted octanol–water partition coefficient (Wildman–Crippen LogP) is 6.80. The summed E-state index contributed by atoms with van der Waals surface area (Å²) in [6.45, 7) is 14.8. The van der Waals surface area contributed by atoms with Crippen molar-refractivity contribution in [3.8, 4) is 10.4 Å². The van der Waals surface area contributed by atoms with Crippen molar-refractivity contribution in [3.63, 3.8) is 0 Å². The molecule has 0 radical (unpaired) electrons. The summed E-state index contributed by atoms with van der Waals surface area (Å²) >= 11 is 8.01. The molecule has 2 aliphatic heterocycles. The zero-order valence-electron chi connectivity index (χ0n) is 41.3. The third-order valence-corrected chi connectivity index (χ3v) is 16.2. The first-order chi connectivity index (χ1) is 33.2. The van der Waals surface area contributed by atoms with Gasteiger partial charge >= 0.3 is 0 Å². The summed E-state index contributed by atoms with van der Waals surface area (Å²) < 4.78 is 26.0. The van der Waals surface area contributed by atoms with Crippen LogP contribution in [-0.4, -0.2) is 124 Å². The number of aliphatic hydroxyl groups is 1. The quantitative estimate of drug-likeness (QED) is 0.0473. The van der Waals surface area contributed by atoms with Gasteiger partial charge < -0.3 is 36.6 Å². The number of nitrogens with one attached hydrogen (secondary N) is 5. The molecule has 0 spiro atoms. The number of carbonyl (C=O) groups excluding carboxylic acids is 4. The number of aliphatic hydroxyl groups excluding tert-OH is 1. The van der Waals surface area contributed by atoms with E-state index in [2.05, 4.69) is 46.4 Å². The molecule has 2 fully saturated rings. The Morgan fingerprint density at radius 1 is 0.943 bits per heavy atom. The van der Waals surface area contributed by atoms with Crippen molar-refractivity contribution in [1.29, 1.82) is 0 Å². The second-order valence-electron chi connectivity index (χ2n) is 19.7. The minimum absolute atomic E-state index is 0.00343. The largest absolute Gasteiger partial charge is 0.391 e. The number of aryl methyl sites for hydroxylation is 1. The van der Waals surface area contributed by atoms with E-state index in [1.807, 2.05) is 64.4 Å². The molecule has 2 aliphatic rings. The Labute approximate surface area is 421 Å². The van der Waals surface area contributed by atoms with E-state index >= 15 is 0 Å². The number of benzene rings is 2. The molecule has 6 rings (SSSR count). The number of halogens is 1. The van der Waals surface area contributed by atoms with Gasteiger partial charge in [-0.15, -0.1) is 11.3 Å². The zero-order chi connectivity index (χ0) is 50.8. The van der Waals surface area contributed by atoms with Crippen LogP contribution in [0.4, 0.5) is 17.5 Å². The first kappa shape index (κ1) is 54.1. The molecular formula is C50H69ClN10O7S2.